The number of nitrogens with one attached hydrogen (secondary N) is 2. The first-order chi connectivity index (χ1) is 15.3. The van der Waals surface area contributed by atoms with Crippen LogP contribution in [0.15, 0.2) is 41.3 Å². The largest absolute Gasteiger partial charge is 0.482 e. The summed E-state index contributed by atoms with van der Waals surface area (Å²) >= 11 is 0. The third-order valence-corrected chi connectivity index (χ3v) is 7.31. The Labute approximate surface area is 187 Å². The fraction of sp³-hybridized carbons (Fsp3) is 0.409. The molecule has 10 heteroatoms. The number of ether oxygens (including phenoxy) is 1. The highest BCUT2D eigenvalue weighted by molar-refractivity contribution is 7.89. The molecule has 0 bridgehead atoms. The summed E-state index contributed by atoms with van der Waals surface area (Å²) in [7, 11) is -3.71. The summed E-state index contributed by atoms with van der Waals surface area (Å²) in [6, 6.07) is 9.60. The van der Waals surface area contributed by atoms with Crippen molar-refractivity contribution in [3.8, 4) is 5.75 Å². The van der Waals surface area contributed by atoms with Crippen molar-refractivity contribution >= 4 is 27.3 Å². The predicted molar refractivity (Wildman–Crippen MR) is 120 cm³/mol. The van der Waals surface area contributed by atoms with Crippen LogP contribution in [0.5, 0.6) is 5.75 Å². The fourth-order valence-corrected chi connectivity index (χ4v) is 5.29. The number of fused-ring (bicyclic) bond motifs is 1. The predicted octanol–water partition coefficient (Wildman–Crippen LogP) is 1.96. The van der Waals surface area contributed by atoms with E-state index < -0.39 is 10.0 Å². The number of rotatable bonds is 7. The fourth-order valence-electron chi connectivity index (χ4n) is 3.97. The second kappa shape index (κ2) is 9.43. The van der Waals surface area contributed by atoms with Crippen LogP contribution in [-0.4, -0.2) is 65.1 Å². The second-order valence-corrected chi connectivity index (χ2v) is 9.74. The van der Waals surface area contributed by atoms with Gasteiger partial charge < -0.3 is 15.0 Å². The highest BCUT2D eigenvalue weighted by Crippen LogP contribution is 2.32. The average molecular weight is 463 g/mol. The molecule has 0 aromatic heterocycles. The molecule has 1 fully saturated rings. The number of piperazine rings is 1. The van der Waals surface area contributed by atoms with Crippen molar-refractivity contribution < 1.29 is 22.3 Å². The second-order valence-electron chi connectivity index (χ2n) is 8.01. The number of hydrogen-bond acceptors (Lipinski definition) is 6. The first kappa shape index (κ1) is 22.5. The lowest BCUT2D eigenvalue weighted by Gasteiger charge is -2.36. The third-order valence-electron chi connectivity index (χ3n) is 5.71. The van der Waals surface area contributed by atoms with Gasteiger partial charge >= 0.3 is 0 Å². The molecule has 2 aromatic rings. The van der Waals surface area contributed by atoms with E-state index in [0.29, 0.717) is 30.0 Å². The van der Waals surface area contributed by atoms with Gasteiger partial charge in [-0.2, -0.15) is 0 Å². The van der Waals surface area contributed by atoms with E-state index in [2.05, 4.69) is 19.8 Å². The number of amides is 1. The monoisotopic (exact) mass is 462 g/mol. The van der Waals surface area contributed by atoms with Crippen LogP contribution in [0.1, 0.15) is 12.0 Å². The van der Waals surface area contributed by atoms with Gasteiger partial charge in [0.25, 0.3) is 5.91 Å². The minimum atomic E-state index is -3.71. The molecule has 0 radical (unpaired) electrons. The Hall–Kier alpha value is -2.69. The standard InChI is InChI=1S/C22H27FN4O4S/c1-16-13-20-19(25-22(28)15-31-20)14-21(16)32(29,30)24-7-2-8-26-9-11-27(12-10-26)18-5-3-17(23)4-6-18/h3-6,13-14,24H,2,7-12,15H2,1H3,(H,25,28). The van der Waals surface area contributed by atoms with E-state index in [1.807, 2.05) is 0 Å². The Balaban J connectivity index is 1.25. The SMILES string of the molecule is Cc1cc2c(cc1S(=O)(=O)NCCCN1CCN(c3ccc(F)cc3)CC1)NC(=O)CO2. The minimum absolute atomic E-state index is 0.0745. The molecule has 1 amide bonds. The normalized spacial score (nSPS) is 16.9. The number of carbonyl (C=O) groups excluding carboxylic acids is 1. The number of sulfonamides is 1. The smallest absolute Gasteiger partial charge is 0.262 e. The molecule has 4 rings (SSSR count). The van der Waals surface area contributed by atoms with Crippen LogP contribution in [0.3, 0.4) is 0 Å². The highest BCUT2D eigenvalue weighted by atomic mass is 32.2. The minimum Gasteiger partial charge on any atom is -0.482 e. The van der Waals surface area contributed by atoms with Crippen molar-refractivity contribution in [2.45, 2.75) is 18.2 Å². The van der Waals surface area contributed by atoms with Gasteiger partial charge in [-0.3, -0.25) is 9.69 Å². The van der Waals surface area contributed by atoms with Crippen LogP contribution < -0.4 is 19.7 Å². The van der Waals surface area contributed by atoms with E-state index >= 15 is 0 Å². The topological polar surface area (TPSA) is 91.0 Å². The maximum atomic E-state index is 13.1. The molecule has 2 aromatic carbocycles. The van der Waals surface area contributed by atoms with Crippen molar-refractivity contribution in [3.05, 3.63) is 47.8 Å². The van der Waals surface area contributed by atoms with Gasteiger partial charge in [-0.1, -0.05) is 0 Å². The zero-order valence-electron chi connectivity index (χ0n) is 17.9. The van der Waals surface area contributed by atoms with Crippen LogP contribution in [0.2, 0.25) is 0 Å². The van der Waals surface area contributed by atoms with Crippen molar-refractivity contribution in [2.24, 2.45) is 0 Å². The Morgan fingerprint density at radius 1 is 1.12 bits per heavy atom. The summed E-state index contributed by atoms with van der Waals surface area (Å²) in [6.07, 6.45) is 0.680. The van der Waals surface area contributed by atoms with Gasteiger partial charge in [-0.05, 0) is 61.9 Å². The van der Waals surface area contributed by atoms with E-state index in [1.165, 1.54) is 18.2 Å². The number of anilines is 2. The molecule has 2 heterocycles. The number of nitrogens with zero attached hydrogens (tertiary/aromatic N) is 2. The molecule has 2 aliphatic rings. The summed E-state index contributed by atoms with van der Waals surface area (Å²) in [5.41, 5.74) is 1.94. The third kappa shape index (κ3) is 5.20. The zero-order valence-corrected chi connectivity index (χ0v) is 18.8. The first-order valence-corrected chi connectivity index (χ1v) is 12.1. The maximum Gasteiger partial charge on any atom is 0.262 e. The zero-order chi connectivity index (χ0) is 22.7. The number of aryl methyl sites for hydroxylation is 1. The Morgan fingerprint density at radius 3 is 2.56 bits per heavy atom. The summed E-state index contributed by atoms with van der Waals surface area (Å²) in [5, 5.41) is 2.64. The van der Waals surface area contributed by atoms with Crippen LogP contribution in [0, 0.1) is 12.7 Å². The Bertz CT molecular complexity index is 1080. The van der Waals surface area contributed by atoms with Gasteiger partial charge in [0.1, 0.15) is 11.6 Å². The Morgan fingerprint density at radius 2 is 1.84 bits per heavy atom. The summed E-state index contributed by atoms with van der Waals surface area (Å²) in [6.45, 7) is 6.16. The van der Waals surface area contributed by atoms with Crippen LogP contribution in [-0.2, 0) is 14.8 Å². The van der Waals surface area contributed by atoms with Gasteiger partial charge in [0.15, 0.2) is 6.61 Å². The highest BCUT2D eigenvalue weighted by Gasteiger charge is 2.23. The molecule has 8 nitrogen and oxygen atoms in total. The molecule has 0 spiro atoms. The molecule has 32 heavy (non-hydrogen) atoms. The van der Waals surface area contributed by atoms with Gasteiger partial charge in [-0.15, -0.1) is 0 Å². The number of carbonyl (C=O) groups is 1. The molecule has 0 saturated carbocycles. The molecule has 0 aliphatic carbocycles. The molecule has 1 saturated heterocycles. The van der Waals surface area contributed by atoms with E-state index in [-0.39, 0.29) is 23.2 Å². The Kier molecular flexibility index (Phi) is 6.63. The van der Waals surface area contributed by atoms with E-state index in [9.17, 15) is 17.6 Å². The number of hydrogen-bond donors (Lipinski definition) is 2. The maximum absolute atomic E-state index is 13.1. The molecule has 0 unspecified atom stereocenters. The molecular weight excluding hydrogens is 435 g/mol. The van der Waals surface area contributed by atoms with Gasteiger partial charge in [0, 0.05) is 38.4 Å². The van der Waals surface area contributed by atoms with Crippen LogP contribution in [0.4, 0.5) is 15.8 Å². The number of benzene rings is 2. The van der Waals surface area contributed by atoms with E-state index in [0.717, 1.165) is 38.4 Å². The van der Waals surface area contributed by atoms with Crippen molar-refractivity contribution in [1.82, 2.24) is 9.62 Å². The van der Waals surface area contributed by atoms with Crippen LogP contribution >= 0.6 is 0 Å². The van der Waals surface area contributed by atoms with Crippen molar-refractivity contribution in [1.29, 1.82) is 0 Å². The lowest BCUT2D eigenvalue weighted by molar-refractivity contribution is -0.118. The summed E-state index contributed by atoms with van der Waals surface area (Å²) in [5.74, 6) is -0.0727. The average Bonchev–Trinajstić information content (AvgIpc) is 2.77. The first-order valence-electron chi connectivity index (χ1n) is 10.6. The quantitative estimate of drug-likeness (QED) is 0.612. The van der Waals surface area contributed by atoms with Gasteiger partial charge in [-0.25, -0.2) is 17.5 Å². The molecule has 2 aliphatic heterocycles. The number of halogens is 1. The van der Waals surface area contributed by atoms with Crippen molar-refractivity contribution in [3.63, 3.8) is 0 Å². The van der Waals surface area contributed by atoms with Gasteiger partial charge in [0.05, 0.1) is 10.6 Å². The molecule has 172 valence electrons. The lowest BCUT2D eigenvalue weighted by atomic mass is 10.2. The molecule has 0 atom stereocenters. The molecular formula is C22H27FN4O4S. The lowest BCUT2D eigenvalue weighted by Crippen LogP contribution is -2.47. The van der Waals surface area contributed by atoms with E-state index in [1.54, 1.807) is 25.1 Å². The molecule has 2 N–H and O–H groups in total. The van der Waals surface area contributed by atoms with Crippen molar-refractivity contribution in [2.75, 3.05) is 56.1 Å². The van der Waals surface area contributed by atoms with Gasteiger partial charge in [0.2, 0.25) is 10.0 Å². The summed E-state index contributed by atoms with van der Waals surface area (Å²) < 4.78 is 46.7. The van der Waals surface area contributed by atoms with E-state index in [4.69, 9.17) is 4.74 Å². The van der Waals surface area contributed by atoms with Crippen LogP contribution in [0.25, 0.3) is 0 Å². The summed E-state index contributed by atoms with van der Waals surface area (Å²) in [4.78, 5) is 16.2.